The van der Waals surface area contributed by atoms with Crippen LogP contribution in [0.3, 0.4) is 0 Å². The number of amides is 3. The van der Waals surface area contributed by atoms with Crippen molar-refractivity contribution in [1.82, 2.24) is 0 Å². The van der Waals surface area contributed by atoms with Gasteiger partial charge in [-0.2, -0.15) is 0 Å². The lowest BCUT2D eigenvalue weighted by atomic mass is 10.2. The Morgan fingerprint density at radius 2 is 1.66 bits per heavy atom. The zero-order valence-electron chi connectivity index (χ0n) is 18.6. The molecule has 10 heteroatoms. The van der Waals surface area contributed by atoms with Crippen LogP contribution in [0.15, 0.2) is 77.5 Å². The lowest BCUT2D eigenvalue weighted by Crippen LogP contribution is -2.32. The molecule has 0 unspecified atom stereocenters. The molecule has 0 fully saturated rings. The fraction of sp³-hybridized carbons (Fsp3) is 0.0800. The van der Waals surface area contributed by atoms with Crippen molar-refractivity contribution in [2.75, 3.05) is 29.8 Å². The van der Waals surface area contributed by atoms with E-state index in [9.17, 15) is 18.8 Å². The maximum absolute atomic E-state index is 13.8. The summed E-state index contributed by atoms with van der Waals surface area (Å²) in [5, 5.41) is 5.02. The monoisotopic (exact) mass is 495 g/mol. The second kappa shape index (κ2) is 9.86. The molecule has 0 spiro atoms. The standard InChI is InChI=1S/C25H19ClFN3O5/c1-34-16-11-12-20(35-2)19(13-16)30-24(32)21(26)22(25(30)33)28-15-9-7-14(8-10-15)23(31)29-18-6-4-3-5-17(18)27/h3-13,28H,1-2H3,(H,29,31). The fourth-order valence-corrected chi connectivity index (χ4v) is 3.62. The van der Waals surface area contributed by atoms with Crippen LogP contribution in [-0.4, -0.2) is 31.9 Å². The van der Waals surface area contributed by atoms with Crippen LogP contribution in [0.5, 0.6) is 11.5 Å². The van der Waals surface area contributed by atoms with E-state index in [1.807, 2.05) is 0 Å². The number of methoxy groups -OCH3 is 2. The van der Waals surface area contributed by atoms with E-state index in [4.69, 9.17) is 21.1 Å². The van der Waals surface area contributed by atoms with E-state index in [1.54, 1.807) is 18.2 Å². The van der Waals surface area contributed by atoms with Crippen molar-refractivity contribution < 1.29 is 28.2 Å². The summed E-state index contributed by atoms with van der Waals surface area (Å²) in [6, 6.07) is 16.5. The van der Waals surface area contributed by atoms with Crippen LogP contribution >= 0.6 is 11.6 Å². The number of imide groups is 1. The molecule has 8 nitrogen and oxygen atoms in total. The minimum atomic E-state index is -0.730. The molecule has 1 heterocycles. The molecule has 4 rings (SSSR count). The van der Waals surface area contributed by atoms with Crippen LogP contribution in [0.2, 0.25) is 0 Å². The Kier molecular flexibility index (Phi) is 6.70. The summed E-state index contributed by atoms with van der Waals surface area (Å²) in [6.07, 6.45) is 0. The quantitative estimate of drug-likeness (QED) is 0.467. The van der Waals surface area contributed by atoms with Crippen LogP contribution in [0.4, 0.5) is 21.5 Å². The highest BCUT2D eigenvalue weighted by Crippen LogP contribution is 2.38. The van der Waals surface area contributed by atoms with Gasteiger partial charge < -0.3 is 20.1 Å². The summed E-state index contributed by atoms with van der Waals surface area (Å²) in [5.74, 6) is -1.78. The summed E-state index contributed by atoms with van der Waals surface area (Å²) in [7, 11) is 2.87. The SMILES string of the molecule is COc1ccc(OC)c(N2C(=O)C(Cl)=C(Nc3ccc(C(=O)Nc4ccccc4F)cc3)C2=O)c1. The number of benzene rings is 3. The Bertz CT molecular complexity index is 1360. The topological polar surface area (TPSA) is 97.0 Å². The maximum atomic E-state index is 13.8. The van der Waals surface area contributed by atoms with E-state index in [1.165, 1.54) is 62.8 Å². The fourth-order valence-electron chi connectivity index (χ4n) is 3.41. The lowest BCUT2D eigenvalue weighted by molar-refractivity contribution is -0.120. The van der Waals surface area contributed by atoms with Gasteiger partial charge in [-0.1, -0.05) is 23.7 Å². The van der Waals surface area contributed by atoms with Crippen molar-refractivity contribution in [3.8, 4) is 11.5 Å². The molecule has 3 aromatic rings. The highest BCUT2D eigenvalue weighted by atomic mass is 35.5. The third-order valence-corrected chi connectivity index (χ3v) is 5.54. The third-order valence-electron chi connectivity index (χ3n) is 5.19. The summed E-state index contributed by atoms with van der Waals surface area (Å²) >= 11 is 6.21. The molecule has 178 valence electrons. The number of rotatable bonds is 7. The molecule has 3 aromatic carbocycles. The summed E-state index contributed by atoms with van der Waals surface area (Å²) < 4.78 is 24.3. The van der Waals surface area contributed by atoms with Gasteiger partial charge in [-0.3, -0.25) is 14.4 Å². The number of anilines is 3. The average Bonchev–Trinajstić information content (AvgIpc) is 3.08. The van der Waals surface area contributed by atoms with Gasteiger partial charge in [0.1, 0.15) is 28.0 Å². The predicted molar refractivity (Wildman–Crippen MR) is 129 cm³/mol. The number of para-hydroxylation sites is 1. The lowest BCUT2D eigenvalue weighted by Gasteiger charge is -2.19. The number of carbonyl (C=O) groups excluding carboxylic acids is 3. The van der Waals surface area contributed by atoms with E-state index in [0.717, 1.165) is 4.90 Å². The highest BCUT2D eigenvalue weighted by Gasteiger charge is 2.40. The zero-order valence-corrected chi connectivity index (χ0v) is 19.4. The van der Waals surface area contributed by atoms with Crippen molar-refractivity contribution in [1.29, 1.82) is 0 Å². The molecule has 35 heavy (non-hydrogen) atoms. The second-order valence-electron chi connectivity index (χ2n) is 7.31. The molecule has 0 aromatic heterocycles. The van der Waals surface area contributed by atoms with E-state index in [2.05, 4.69) is 10.6 Å². The smallest absolute Gasteiger partial charge is 0.283 e. The summed E-state index contributed by atoms with van der Waals surface area (Å²) in [4.78, 5) is 39.3. The first-order chi connectivity index (χ1) is 16.8. The largest absolute Gasteiger partial charge is 0.497 e. The molecule has 3 amide bonds. The molecule has 2 N–H and O–H groups in total. The van der Waals surface area contributed by atoms with Gasteiger partial charge in [0.05, 0.1) is 25.6 Å². The van der Waals surface area contributed by atoms with Gasteiger partial charge in [-0.05, 0) is 48.5 Å². The van der Waals surface area contributed by atoms with Crippen molar-refractivity contribution in [2.24, 2.45) is 0 Å². The summed E-state index contributed by atoms with van der Waals surface area (Å²) in [5.41, 5.74) is 0.762. The highest BCUT2D eigenvalue weighted by molar-refractivity contribution is 6.53. The van der Waals surface area contributed by atoms with Crippen LogP contribution < -0.4 is 25.0 Å². The van der Waals surface area contributed by atoms with Gasteiger partial charge >= 0.3 is 0 Å². The molecule has 0 radical (unpaired) electrons. The number of carbonyl (C=O) groups is 3. The number of ether oxygens (including phenoxy) is 2. The van der Waals surface area contributed by atoms with Gasteiger partial charge in [-0.15, -0.1) is 0 Å². The Labute approximate surface area is 204 Å². The number of hydrogen-bond donors (Lipinski definition) is 2. The van der Waals surface area contributed by atoms with Gasteiger partial charge in [0.2, 0.25) is 0 Å². The normalized spacial score (nSPS) is 13.2. The Morgan fingerprint density at radius 1 is 0.943 bits per heavy atom. The molecular weight excluding hydrogens is 477 g/mol. The first-order valence-electron chi connectivity index (χ1n) is 10.3. The molecule has 0 bridgehead atoms. The Hall–Kier alpha value is -4.37. The third kappa shape index (κ3) is 4.67. The van der Waals surface area contributed by atoms with Gasteiger partial charge in [0.25, 0.3) is 17.7 Å². The summed E-state index contributed by atoms with van der Waals surface area (Å²) in [6.45, 7) is 0. The van der Waals surface area contributed by atoms with Crippen LogP contribution in [0.25, 0.3) is 0 Å². The maximum Gasteiger partial charge on any atom is 0.283 e. The molecular formula is C25H19ClFN3O5. The average molecular weight is 496 g/mol. The van der Waals surface area contributed by atoms with Crippen molar-refractivity contribution >= 4 is 46.4 Å². The first-order valence-corrected chi connectivity index (χ1v) is 10.7. The number of hydrogen-bond acceptors (Lipinski definition) is 6. The second-order valence-corrected chi connectivity index (χ2v) is 7.69. The molecule has 0 saturated heterocycles. The van der Waals surface area contributed by atoms with Crippen LogP contribution in [0.1, 0.15) is 10.4 Å². The molecule has 0 saturated carbocycles. The van der Waals surface area contributed by atoms with Gasteiger partial charge in [0, 0.05) is 17.3 Å². The number of halogens is 2. The Morgan fingerprint density at radius 3 is 2.31 bits per heavy atom. The van der Waals surface area contributed by atoms with E-state index >= 15 is 0 Å². The first kappa shape index (κ1) is 23.8. The van der Waals surface area contributed by atoms with Crippen molar-refractivity contribution in [2.45, 2.75) is 0 Å². The number of nitrogens with zero attached hydrogens (tertiary/aromatic N) is 1. The van der Waals surface area contributed by atoms with Crippen molar-refractivity contribution in [3.63, 3.8) is 0 Å². The predicted octanol–water partition coefficient (Wildman–Crippen LogP) is 4.53. The molecule has 1 aliphatic heterocycles. The van der Waals surface area contributed by atoms with Gasteiger partial charge in [-0.25, -0.2) is 9.29 Å². The van der Waals surface area contributed by atoms with Crippen molar-refractivity contribution in [3.05, 3.63) is 88.8 Å². The molecule has 1 aliphatic rings. The van der Waals surface area contributed by atoms with Crippen LogP contribution in [0, 0.1) is 5.82 Å². The van der Waals surface area contributed by atoms with E-state index in [-0.39, 0.29) is 33.4 Å². The molecule has 0 aliphatic carbocycles. The van der Waals surface area contributed by atoms with E-state index < -0.39 is 23.5 Å². The zero-order chi connectivity index (χ0) is 25.1. The van der Waals surface area contributed by atoms with Gasteiger partial charge in [0.15, 0.2) is 0 Å². The van der Waals surface area contributed by atoms with E-state index in [0.29, 0.717) is 11.4 Å². The molecule has 0 atom stereocenters. The minimum absolute atomic E-state index is 0.0553. The Balaban J connectivity index is 1.53. The number of nitrogens with one attached hydrogen (secondary N) is 2. The van der Waals surface area contributed by atoms with Crippen LogP contribution in [-0.2, 0) is 9.59 Å². The minimum Gasteiger partial charge on any atom is -0.497 e.